The van der Waals surface area contributed by atoms with Crippen LogP contribution in [0.4, 0.5) is 11.5 Å². The van der Waals surface area contributed by atoms with Gasteiger partial charge >= 0.3 is 0 Å². The Morgan fingerprint density at radius 3 is 2.25 bits per heavy atom. The average Bonchev–Trinajstić information content (AvgIpc) is 2.78. The van der Waals surface area contributed by atoms with Gasteiger partial charge in [0.25, 0.3) is 11.8 Å². The first-order valence-corrected chi connectivity index (χ1v) is 10.4. The fourth-order valence-electron chi connectivity index (χ4n) is 2.94. The highest BCUT2D eigenvalue weighted by Gasteiger charge is 2.25. The highest BCUT2D eigenvalue weighted by molar-refractivity contribution is 6.30. The fraction of sp³-hybridized carbons (Fsp3) is 0.167. The molecule has 3 amide bonds. The summed E-state index contributed by atoms with van der Waals surface area (Å²) in [6.45, 7) is 3.67. The number of halogens is 1. The molecule has 32 heavy (non-hydrogen) atoms. The number of hydrogen-bond acceptors (Lipinski definition) is 4. The van der Waals surface area contributed by atoms with E-state index in [1.54, 1.807) is 72.9 Å². The lowest BCUT2D eigenvalue weighted by Gasteiger charge is -2.22. The molecular weight excluding hydrogens is 428 g/mol. The van der Waals surface area contributed by atoms with Crippen LogP contribution in [-0.4, -0.2) is 28.7 Å². The summed E-state index contributed by atoms with van der Waals surface area (Å²) < 4.78 is 0. The molecule has 3 N–H and O–H groups in total. The molecule has 7 nitrogen and oxygen atoms in total. The van der Waals surface area contributed by atoms with Gasteiger partial charge in [0.2, 0.25) is 5.91 Å². The van der Waals surface area contributed by atoms with E-state index < -0.39 is 6.04 Å². The standard InChI is InChI=1S/C24H23ClN4O3/c1-15(2)21(29-22(30)16-9-11-18(25)12-10-16)24(32)27-19-7-5-6-17(14-19)23(31)28-20-8-3-4-13-26-20/h3-15,21H,1-2H3,(H,27,32)(H,29,30)(H,26,28,31). The molecule has 3 aromatic rings. The van der Waals surface area contributed by atoms with Crippen molar-refractivity contribution in [2.24, 2.45) is 5.92 Å². The highest BCUT2D eigenvalue weighted by Crippen LogP contribution is 2.15. The summed E-state index contributed by atoms with van der Waals surface area (Å²) in [5, 5.41) is 8.76. The van der Waals surface area contributed by atoms with Gasteiger partial charge in [-0.25, -0.2) is 4.98 Å². The van der Waals surface area contributed by atoms with Crippen molar-refractivity contribution in [3.63, 3.8) is 0 Å². The van der Waals surface area contributed by atoms with Crippen LogP contribution < -0.4 is 16.0 Å². The minimum absolute atomic E-state index is 0.165. The summed E-state index contributed by atoms with van der Waals surface area (Å²) in [7, 11) is 0. The Bertz CT molecular complexity index is 1100. The molecule has 1 aromatic heterocycles. The zero-order chi connectivity index (χ0) is 23.1. The second-order valence-electron chi connectivity index (χ2n) is 7.44. The minimum Gasteiger partial charge on any atom is -0.340 e. The Hall–Kier alpha value is -3.71. The SMILES string of the molecule is CC(C)C(NC(=O)c1ccc(Cl)cc1)C(=O)Nc1cccc(C(=O)Nc2ccccn2)c1. The smallest absolute Gasteiger partial charge is 0.256 e. The predicted molar refractivity (Wildman–Crippen MR) is 125 cm³/mol. The molecule has 1 unspecified atom stereocenters. The largest absolute Gasteiger partial charge is 0.340 e. The summed E-state index contributed by atoms with van der Waals surface area (Å²) in [5.74, 6) is -0.849. The number of carbonyl (C=O) groups is 3. The number of anilines is 2. The van der Waals surface area contributed by atoms with E-state index in [1.165, 1.54) is 0 Å². The van der Waals surface area contributed by atoms with Gasteiger partial charge in [-0.05, 0) is 60.5 Å². The Balaban J connectivity index is 1.68. The fourth-order valence-corrected chi connectivity index (χ4v) is 3.07. The molecule has 0 fully saturated rings. The molecular formula is C24H23ClN4O3. The van der Waals surface area contributed by atoms with Crippen molar-refractivity contribution >= 4 is 40.8 Å². The third-order valence-corrected chi connectivity index (χ3v) is 4.89. The van der Waals surface area contributed by atoms with E-state index in [0.29, 0.717) is 27.7 Å². The maximum Gasteiger partial charge on any atom is 0.256 e. The van der Waals surface area contributed by atoms with Gasteiger partial charge in [0.05, 0.1) is 0 Å². The summed E-state index contributed by atoms with van der Waals surface area (Å²) in [6.07, 6.45) is 1.58. The van der Waals surface area contributed by atoms with Gasteiger partial charge < -0.3 is 16.0 Å². The molecule has 0 radical (unpaired) electrons. The molecule has 2 aromatic carbocycles. The Labute approximate surface area is 191 Å². The number of hydrogen-bond donors (Lipinski definition) is 3. The monoisotopic (exact) mass is 450 g/mol. The number of carbonyl (C=O) groups excluding carboxylic acids is 3. The molecule has 3 rings (SSSR count). The normalized spacial score (nSPS) is 11.5. The number of rotatable bonds is 7. The quantitative estimate of drug-likeness (QED) is 0.497. The molecule has 0 spiro atoms. The summed E-state index contributed by atoms with van der Waals surface area (Å²) in [5.41, 5.74) is 1.20. The number of benzene rings is 2. The Morgan fingerprint density at radius 1 is 0.844 bits per heavy atom. The van der Waals surface area contributed by atoms with E-state index in [0.717, 1.165) is 0 Å². The van der Waals surface area contributed by atoms with Crippen molar-refractivity contribution in [3.05, 3.63) is 89.1 Å². The van der Waals surface area contributed by atoms with E-state index in [-0.39, 0.29) is 23.6 Å². The first-order chi connectivity index (χ1) is 15.3. The molecule has 0 saturated heterocycles. The lowest BCUT2D eigenvalue weighted by atomic mass is 10.0. The predicted octanol–water partition coefficient (Wildman–Crippen LogP) is 4.38. The molecule has 1 atom stereocenters. The van der Waals surface area contributed by atoms with Gasteiger partial charge in [-0.15, -0.1) is 0 Å². The molecule has 164 valence electrons. The average molecular weight is 451 g/mol. The van der Waals surface area contributed by atoms with Crippen LogP contribution >= 0.6 is 11.6 Å². The third-order valence-electron chi connectivity index (χ3n) is 4.64. The molecule has 0 aliphatic heterocycles. The zero-order valence-electron chi connectivity index (χ0n) is 17.6. The summed E-state index contributed by atoms with van der Waals surface area (Å²) >= 11 is 5.87. The Morgan fingerprint density at radius 2 is 1.59 bits per heavy atom. The minimum atomic E-state index is -0.774. The Kier molecular flexibility index (Phi) is 7.57. The molecule has 0 aliphatic carbocycles. The van der Waals surface area contributed by atoms with Crippen molar-refractivity contribution in [2.45, 2.75) is 19.9 Å². The third kappa shape index (κ3) is 6.15. The van der Waals surface area contributed by atoms with Gasteiger partial charge in [-0.3, -0.25) is 14.4 Å². The van der Waals surface area contributed by atoms with Gasteiger partial charge in [0.15, 0.2) is 0 Å². The number of nitrogens with zero attached hydrogens (tertiary/aromatic N) is 1. The summed E-state index contributed by atoms with van der Waals surface area (Å²) in [4.78, 5) is 42.0. The molecule has 1 heterocycles. The van der Waals surface area contributed by atoms with E-state index >= 15 is 0 Å². The zero-order valence-corrected chi connectivity index (χ0v) is 18.4. The van der Waals surface area contributed by atoms with E-state index in [2.05, 4.69) is 20.9 Å². The van der Waals surface area contributed by atoms with Gasteiger partial charge in [0, 0.05) is 28.0 Å². The number of nitrogens with one attached hydrogen (secondary N) is 3. The second kappa shape index (κ2) is 10.5. The lowest BCUT2D eigenvalue weighted by Crippen LogP contribution is -2.47. The molecule has 0 bridgehead atoms. The van der Waals surface area contributed by atoms with Crippen LogP contribution in [0.5, 0.6) is 0 Å². The molecule has 8 heteroatoms. The maximum atomic E-state index is 12.9. The number of amides is 3. The molecule has 0 saturated carbocycles. The maximum absolute atomic E-state index is 12.9. The summed E-state index contributed by atoms with van der Waals surface area (Å²) in [6, 6.07) is 17.4. The lowest BCUT2D eigenvalue weighted by molar-refractivity contribution is -0.118. The van der Waals surface area contributed by atoms with Crippen molar-refractivity contribution in [1.29, 1.82) is 0 Å². The van der Waals surface area contributed by atoms with Crippen LogP contribution in [0.25, 0.3) is 0 Å². The van der Waals surface area contributed by atoms with Crippen molar-refractivity contribution in [3.8, 4) is 0 Å². The van der Waals surface area contributed by atoms with Gasteiger partial charge in [-0.2, -0.15) is 0 Å². The van der Waals surface area contributed by atoms with Gasteiger partial charge in [-0.1, -0.05) is 37.6 Å². The topological polar surface area (TPSA) is 100 Å². The number of aromatic nitrogens is 1. The number of pyridine rings is 1. The van der Waals surface area contributed by atoms with Crippen LogP contribution in [0.3, 0.4) is 0 Å². The van der Waals surface area contributed by atoms with E-state index in [4.69, 9.17) is 11.6 Å². The highest BCUT2D eigenvalue weighted by atomic mass is 35.5. The van der Waals surface area contributed by atoms with Gasteiger partial charge in [0.1, 0.15) is 11.9 Å². The van der Waals surface area contributed by atoms with Crippen LogP contribution in [0, 0.1) is 5.92 Å². The van der Waals surface area contributed by atoms with Crippen LogP contribution in [0.1, 0.15) is 34.6 Å². The van der Waals surface area contributed by atoms with Crippen LogP contribution in [0.15, 0.2) is 72.9 Å². The second-order valence-corrected chi connectivity index (χ2v) is 7.88. The van der Waals surface area contributed by atoms with Crippen molar-refractivity contribution < 1.29 is 14.4 Å². The van der Waals surface area contributed by atoms with E-state index in [9.17, 15) is 14.4 Å². The first kappa shape index (κ1) is 23.0. The van der Waals surface area contributed by atoms with Crippen molar-refractivity contribution in [2.75, 3.05) is 10.6 Å². The van der Waals surface area contributed by atoms with E-state index in [1.807, 2.05) is 13.8 Å². The van der Waals surface area contributed by atoms with Crippen LogP contribution in [0.2, 0.25) is 5.02 Å². The van der Waals surface area contributed by atoms with Crippen LogP contribution in [-0.2, 0) is 4.79 Å². The molecule has 0 aliphatic rings. The van der Waals surface area contributed by atoms with Crippen molar-refractivity contribution in [1.82, 2.24) is 10.3 Å². The first-order valence-electron chi connectivity index (χ1n) is 10.0.